The highest BCUT2D eigenvalue weighted by molar-refractivity contribution is 5.96. The fourth-order valence-corrected chi connectivity index (χ4v) is 2.30. The fourth-order valence-electron chi connectivity index (χ4n) is 2.30. The topological polar surface area (TPSA) is 76.1 Å². The number of benzene rings is 1. The van der Waals surface area contributed by atoms with Crippen molar-refractivity contribution in [2.24, 2.45) is 0 Å². The molecule has 0 saturated carbocycles. The van der Waals surface area contributed by atoms with Crippen molar-refractivity contribution in [2.75, 3.05) is 20.2 Å². The summed E-state index contributed by atoms with van der Waals surface area (Å²) in [5.74, 6) is -2.64. The van der Waals surface area contributed by atoms with E-state index in [1.165, 1.54) is 19.2 Å². The van der Waals surface area contributed by atoms with Crippen LogP contribution in [-0.4, -0.2) is 54.4 Å². The Morgan fingerprint density at radius 3 is 2.57 bits per heavy atom. The van der Waals surface area contributed by atoms with E-state index in [-0.39, 0.29) is 30.0 Å². The van der Waals surface area contributed by atoms with Crippen LogP contribution in [-0.2, 0) is 4.79 Å². The molecular formula is C14H14F3NO5. The largest absolute Gasteiger partial charge is 0.493 e. The number of hydrogen-bond acceptors (Lipinski definition) is 4. The van der Waals surface area contributed by atoms with E-state index in [1.807, 2.05) is 0 Å². The molecule has 1 fully saturated rings. The van der Waals surface area contributed by atoms with E-state index in [0.717, 1.165) is 11.0 Å². The monoisotopic (exact) mass is 333 g/mol. The third-order valence-electron chi connectivity index (χ3n) is 3.52. The van der Waals surface area contributed by atoms with E-state index in [1.54, 1.807) is 0 Å². The smallest absolute Gasteiger partial charge is 0.387 e. The lowest BCUT2D eigenvalue weighted by molar-refractivity contribution is -0.149. The van der Waals surface area contributed by atoms with E-state index in [4.69, 9.17) is 9.84 Å². The first kappa shape index (κ1) is 16.9. The summed E-state index contributed by atoms with van der Waals surface area (Å²) in [4.78, 5) is 24.1. The molecule has 1 N–H and O–H groups in total. The SMILES string of the molecule is COc1ccc(C(=O)N2CCC(F)(C(=O)O)C2)cc1OC(F)F. The number of carbonyl (C=O) groups is 2. The average molecular weight is 333 g/mol. The molecule has 1 aromatic carbocycles. The first-order valence-corrected chi connectivity index (χ1v) is 6.61. The molecule has 1 aromatic rings. The van der Waals surface area contributed by atoms with Crippen molar-refractivity contribution in [2.45, 2.75) is 18.7 Å². The predicted molar refractivity (Wildman–Crippen MR) is 71.6 cm³/mol. The quantitative estimate of drug-likeness (QED) is 0.891. The summed E-state index contributed by atoms with van der Waals surface area (Å²) in [6.45, 7) is -3.79. The Kier molecular flexibility index (Phi) is 4.67. The van der Waals surface area contributed by atoms with Crippen LogP contribution in [0, 0.1) is 0 Å². The molecule has 0 radical (unpaired) electrons. The number of likely N-dealkylation sites (tertiary alicyclic amines) is 1. The van der Waals surface area contributed by atoms with E-state index < -0.39 is 30.7 Å². The predicted octanol–water partition coefficient (Wildman–Crippen LogP) is 1.94. The zero-order chi connectivity index (χ0) is 17.2. The van der Waals surface area contributed by atoms with Crippen molar-refractivity contribution in [3.63, 3.8) is 0 Å². The number of ether oxygens (including phenoxy) is 2. The molecule has 0 spiro atoms. The number of nitrogens with zero attached hydrogens (tertiary/aromatic N) is 1. The van der Waals surface area contributed by atoms with Gasteiger partial charge in [0.25, 0.3) is 5.91 Å². The summed E-state index contributed by atoms with van der Waals surface area (Å²) in [5.41, 5.74) is -2.53. The van der Waals surface area contributed by atoms with E-state index in [0.29, 0.717) is 0 Å². The molecule has 1 saturated heterocycles. The van der Waals surface area contributed by atoms with Gasteiger partial charge in [-0.05, 0) is 18.2 Å². The van der Waals surface area contributed by atoms with Crippen LogP contribution in [0.25, 0.3) is 0 Å². The third kappa shape index (κ3) is 3.49. The molecule has 0 bridgehead atoms. The highest BCUT2D eigenvalue weighted by Crippen LogP contribution is 2.32. The molecule has 23 heavy (non-hydrogen) atoms. The molecule has 0 aliphatic carbocycles. The zero-order valence-corrected chi connectivity index (χ0v) is 12.1. The van der Waals surface area contributed by atoms with Crippen molar-refractivity contribution in [1.82, 2.24) is 4.90 Å². The minimum atomic E-state index is -3.11. The second kappa shape index (κ2) is 6.35. The molecule has 1 aliphatic rings. The number of alkyl halides is 3. The average Bonchev–Trinajstić information content (AvgIpc) is 2.90. The van der Waals surface area contributed by atoms with Gasteiger partial charge in [-0.2, -0.15) is 8.78 Å². The Labute approximate surface area is 129 Å². The van der Waals surface area contributed by atoms with Gasteiger partial charge in [-0.25, -0.2) is 9.18 Å². The van der Waals surface area contributed by atoms with Crippen LogP contribution in [0.15, 0.2) is 18.2 Å². The normalized spacial score (nSPS) is 20.7. The Balaban J connectivity index is 2.22. The number of carbonyl (C=O) groups excluding carboxylic acids is 1. The number of halogens is 3. The highest BCUT2D eigenvalue weighted by Gasteiger charge is 2.47. The van der Waals surface area contributed by atoms with Gasteiger partial charge in [-0.1, -0.05) is 0 Å². The fraction of sp³-hybridized carbons (Fsp3) is 0.429. The Bertz CT molecular complexity index is 624. The lowest BCUT2D eigenvalue weighted by Gasteiger charge is -2.18. The maximum atomic E-state index is 14.0. The molecule has 1 aliphatic heterocycles. The van der Waals surface area contributed by atoms with Crippen molar-refractivity contribution in [3.8, 4) is 11.5 Å². The van der Waals surface area contributed by atoms with E-state index in [2.05, 4.69) is 4.74 Å². The van der Waals surface area contributed by atoms with Gasteiger partial charge >= 0.3 is 12.6 Å². The van der Waals surface area contributed by atoms with Crippen LogP contribution in [0.3, 0.4) is 0 Å². The highest BCUT2D eigenvalue weighted by atomic mass is 19.3. The molecule has 1 heterocycles. The van der Waals surface area contributed by atoms with E-state index >= 15 is 0 Å². The summed E-state index contributed by atoms with van der Waals surface area (Å²) in [7, 11) is 1.25. The van der Waals surface area contributed by atoms with Gasteiger partial charge in [0, 0.05) is 18.5 Å². The van der Waals surface area contributed by atoms with Gasteiger partial charge in [-0.15, -0.1) is 0 Å². The van der Waals surface area contributed by atoms with Crippen LogP contribution < -0.4 is 9.47 Å². The second-order valence-corrected chi connectivity index (χ2v) is 4.99. The lowest BCUT2D eigenvalue weighted by atomic mass is 10.1. The van der Waals surface area contributed by atoms with Crippen molar-refractivity contribution < 1.29 is 37.3 Å². The van der Waals surface area contributed by atoms with Gasteiger partial charge in [0.15, 0.2) is 11.5 Å². The Morgan fingerprint density at radius 1 is 1.35 bits per heavy atom. The van der Waals surface area contributed by atoms with Crippen LogP contribution in [0.5, 0.6) is 11.5 Å². The Morgan fingerprint density at radius 2 is 2.04 bits per heavy atom. The summed E-state index contributed by atoms with van der Waals surface area (Å²) in [5, 5.41) is 8.82. The van der Waals surface area contributed by atoms with Gasteiger partial charge in [0.1, 0.15) is 0 Å². The summed E-state index contributed by atoms with van der Waals surface area (Å²) >= 11 is 0. The molecule has 9 heteroatoms. The maximum absolute atomic E-state index is 14.0. The summed E-state index contributed by atoms with van der Waals surface area (Å²) < 4.78 is 47.9. The molecule has 126 valence electrons. The van der Waals surface area contributed by atoms with Crippen LogP contribution >= 0.6 is 0 Å². The number of methoxy groups -OCH3 is 1. The van der Waals surface area contributed by atoms with Crippen LogP contribution in [0.4, 0.5) is 13.2 Å². The van der Waals surface area contributed by atoms with Gasteiger partial charge in [0.05, 0.1) is 13.7 Å². The van der Waals surface area contributed by atoms with Crippen molar-refractivity contribution in [3.05, 3.63) is 23.8 Å². The van der Waals surface area contributed by atoms with Gasteiger partial charge in [-0.3, -0.25) is 4.79 Å². The number of carboxylic acid groups (broad SMARTS) is 1. The van der Waals surface area contributed by atoms with E-state index in [9.17, 15) is 22.8 Å². The number of amides is 1. The number of aliphatic carboxylic acids is 1. The second-order valence-electron chi connectivity index (χ2n) is 4.99. The van der Waals surface area contributed by atoms with Crippen LogP contribution in [0.2, 0.25) is 0 Å². The lowest BCUT2D eigenvalue weighted by Crippen LogP contribution is -2.38. The molecule has 1 atom stereocenters. The zero-order valence-electron chi connectivity index (χ0n) is 12.1. The first-order chi connectivity index (χ1) is 10.8. The molecular weight excluding hydrogens is 319 g/mol. The van der Waals surface area contributed by atoms with Crippen molar-refractivity contribution >= 4 is 11.9 Å². The number of carboxylic acids is 1. The molecule has 2 rings (SSSR count). The maximum Gasteiger partial charge on any atom is 0.387 e. The van der Waals surface area contributed by atoms with Crippen LogP contribution in [0.1, 0.15) is 16.8 Å². The molecule has 1 unspecified atom stereocenters. The Hall–Kier alpha value is -2.45. The molecule has 6 nitrogen and oxygen atoms in total. The summed E-state index contributed by atoms with van der Waals surface area (Å²) in [6.07, 6.45) is -0.329. The first-order valence-electron chi connectivity index (χ1n) is 6.61. The minimum absolute atomic E-state index is 0.00801. The van der Waals surface area contributed by atoms with Gasteiger partial charge in [0.2, 0.25) is 5.67 Å². The van der Waals surface area contributed by atoms with Crippen molar-refractivity contribution in [1.29, 1.82) is 0 Å². The number of rotatable bonds is 5. The summed E-state index contributed by atoms with van der Waals surface area (Å²) in [6, 6.07) is 3.62. The molecule has 1 amide bonds. The standard InChI is InChI=1S/C14H14F3NO5/c1-22-9-3-2-8(6-10(9)23-13(15)16)11(19)18-5-4-14(17,7-18)12(20)21/h2-3,6,13H,4-5,7H2,1H3,(H,20,21). The third-order valence-corrected chi connectivity index (χ3v) is 3.52. The minimum Gasteiger partial charge on any atom is -0.493 e. The molecule has 0 aromatic heterocycles. The van der Waals surface area contributed by atoms with Gasteiger partial charge < -0.3 is 19.5 Å². The number of hydrogen-bond donors (Lipinski definition) is 1.